The Morgan fingerprint density at radius 3 is 1.81 bits per heavy atom. The Labute approximate surface area is 196 Å². The minimum atomic E-state index is -4.69. The third-order valence-corrected chi connectivity index (χ3v) is 6.95. The molecule has 6 nitrogen and oxygen atoms in total. The molecule has 1 aromatic rings. The van der Waals surface area contributed by atoms with Crippen LogP contribution in [0.5, 0.6) is 0 Å². The Hall–Kier alpha value is -1.60. The van der Waals surface area contributed by atoms with E-state index in [1.165, 1.54) is 32.1 Å². The number of carbonyl (C=O) groups excluding carboxylic acids is 1. The maximum Gasteiger partial charge on any atom is 0.363 e. The number of carbonyl (C=O) groups is 1. The molecule has 0 fully saturated rings. The number of nitrogens with zero attached hydrogens (tertiary/aromatic N) is 1. The Morgan fingerprint density at radius 1 is 0.906 bits per heavy atom. The van der Waals surface area contributed by atoms with Gasteiger partial charge in [-0.15, -0.1) is 0 Å². The Kier molecular flexibility index (Phi) is 12.3. The summed E-state index contributed by atoms with van der Waals surface area (Å²) in [5, 5.41) is 2.81. The molecule has 1 atom stereocenters. The Balaban J connectivity index is 2.86. The maximum atomic E-state index is 13.1. The lowest BCUT2D eigenvalue weighted by molar-refractivity contribution is 0.219. The molecule has 2 amide bonds. The van der Waals surface area contributed by atoms with Crippen LogP contribution >= 0.6 is 0 Å². The van der Waals surface area contributed by atoms with Gasteiger partial charge < -0.3 is 5.32 Å². The van der Waals surface area contributed by atoms with Gasteiger partial charge in [-0.05, 0) is 36.3 Å². The normalized spacial score (nSPS) is 12.9. The lowest BCUT2D eigenvalue weighted by Crippen LogP contribution is -2.45. The number of amides is 2. The van der Waals surface area contributed by atoms with E-state index in [1.807, 2.05) is 45.9 Å². The smallest absolute Gasteiger partial charge is 0.306 e. The van der Waals surface area contributed by atoms with Crippen molar-refractivity contribution in [1.82, 2.24) is 4.31 Å². The number of nitrogens with one attached hydrogen (secondary N) is 1. The molecule has 0 aliphatic rings. The number of hydrogen-bond donors (Lipinski definition) is 2. The molecule has 0 spiro atoms. The lowest BCUT2D eigenvalue weighted by Gasteiger charge is -2.28. The molecule has 184 valence electrons. The summed E-state index contributed by atoms with van der Waals surface area (Å²) in [6.07, 6.45) is 9.61. The zero-order valence-electron chi connectivity index (χ0n) is 20.9. The van der Waals surface area contributed by atoms with Crippen LogP contribution < -0.4 is 5.32 Å². The molecule has 0 saturated carbocycles. The minimum Gasteiger partial charge on any atom is -0.306 e. The van der Waals surface area contributed by atoms with E-state index in [2.05, 4.69) is 12.2 Å². The van der Waals surface area contributed by atoms with Crippen molar-refractivity contribution in [2.24, 2.45) is 0 Å². The van der Waals surface area contributed by atoms with Gasteiger partial charge in [0.25, 0.3) is 0 Å². The Bertz CT molecular complexity index is 780. The van der Waals surface area contributed by atoms with Crippen LogP contribution in [-0.2, 0) is 10.3 Å². The fraction of sp³-hybridized carbons (Fsp3) is 0.720. The maximum absolute atomic E-state index is 13.1. The van der Waals surface area contributed by atoms with Crippen molar-refractivity contribution in [2.45, 2.75) is 117 Å². The van der Waals surface area contributed by atoms with Gasteiger partial charge in [0.15, 0.2) is 0 Å². The molecule has 2 N–H and O–H groups in total. The predicted octanol–water partition coefficient (Wildman–Crippen LogP) is 7.49. The van der Waals surface area contributed by atoms with Crippen LogP contribution in [0.15, 0.2) is 18.2 Å². The van der Waals surface area contributed by atoms with Crippen LogP contribution in [-0.4, -0.2) is 29.3 Å². The number of urea groups is 1. The second kappa shape index (κ2) is 13.8. The highest BCUT2D eigenvalue weighted by molar-refractivity contribution is 7.84. The molecule has 0 aliphatic carbocycles. The number of hydrogen-bond acceptors (Lipinski definition) is 3. The van der Waals surface area contributed by atoms with Crippen molar-refractivity contribution in [2.75, 3.05) is 5.32 Å². The molecule has 0 saturated heterocycles. The van der Waals surface area contributed by atoms with Crippen LogP contribution in [0.2, 0.25) is 0 Å². The van der Waals surface area contributed by atoms with Crippen molar-refractivity contribution in [3.8, 4) is 0 Å². The summed E-state index contributed by atoms with van der Waals surface area (Å²) in [5.74, 6) is 0.302. The average Bonchev–Trinajstić information content (AvgIpc) is 2.68. The predicted molar refractivity (Wildman–Crippen MR) is 134 cm³/mol. The van der Waals surface area contributed by atoms with Gasteiger partial charge in [-0.1, -0.05) is 104 Å². The zero-order valence-corrected chi connectivity index (χ0v) is 21.7. The van der Waals surface area contributed by atoms with Crippen LogP contribution in [0.25, 0.3) is 0 Å². The largest absolute Gasteiger partial charge is 0.363 e. The van der Waals surface area contributed by atoms with E-state index in [4.69, 9.17) is 0 Å². The summed E-state index contributed by atoms with van der Waals surface area (Å²) in [4.78, 5) is 13.1. The average molecular weight is 469 g/mol. The van der Waals surface area contributed by atoms with Crippen molar-refractivity contribution < 1.29 is 17.8 Å². The van der Waals surface area contributed by atoms with Gasteiger partial charge in [-0.3, -0.25) is 4.55 Å². The number of para-hydroxylation sites is 1. The van der Waals surface area contributed by atoms with Gasteiger partial charge in [-0.25, -0.2) is 4.79 Å². The third kappa shape index (κ3) is 9.10. The quantitative estimate of drug-likeness (QED) is 0.219. The SMILES string of the molecule is CCCCCCCCCCC(C)N(C(=O)Nc1c(C(C)C)cccc1C(C)C)S(=O)(=O)O. The van der Waals surface area contributed by atoms with Crippen LogP contribution in [0, 0.1) is 0 Å². The fourth-order valence-corrected chi connectivity index (χ4v) is 4.90. The first kappa shape index (κ1) is 28.4. The molecule has 0 radical (unpaired) electrons. The first-order chi connectivity index (χ1) is 15.0. The minimum absolute atomic E-state index is 0.151. The highest BCUT2D eigenvalue weighted by atomic mass is 32.2. The standard InChI is InChI=1S/C25H44N2O4S/c1-7-8-9-10-11-12-13-14-16-21(6)27(32(29,30)31)25(28)26-24-22(19(2)3)17-15-18-23(24)20(4)5/h15,17-21H,7-14,16H2,1-6H3,(H,26,28)(H,29,30,31). The van der Waals surface area contributed by atoms with Crippen LogP contribution in [0.3, 0.4) is 0 Å². The molecule has 0 bridgehead atoms. The highest BCUT2D eigenvalue weighted by Gasteiger charge is 2.31. The second-order valence-electron chi connectivity index (χ2n) is 9.44. The zero-order chi connectivity index (χ0) is 24.3. The van der Waals surface area contributed by atoms with Gasteiger partial charge in [0.2, 0.25) is 0 Å². The molecule has 7 heteroatoms. The lowest BCUT2D eigenvalue weighted by atomic mass is 9.93. The van der Waals surface area contributed by atoms with Crippen molar-refractivity contribution in [3.05, 3.63) is 29.3 Å². The fourth-order valence-electron chi connectivity index (χ4n) is 4.08. The van der Waals surface area contributed by atoms with E-state index in [0.29, 0.717) is 16.4 Å². The second-order valence-corrected chi connectivity index (χ2v) is 10.7. The molecule has 1 unspecified atom stereocenters. The molecular formula is C25H44N2O4S. The number of benzene rings is 1. The van der Waals surface area contributed by atoms with E-state index in [-0.39, 0.29) is 11.8 Å². The van der Waals surface area contributed by atoms with Crippen LogP contribution in [0.4, 0.5) is 10.5 Å². The van der Waals surface area contributed by atoms with Crippen molar-refractivity contribution in [1.29, 1.82) is 0 Å². The summed E-state index contributed by atoms with van der Waals surface area (Å²) in [7, 11) is -4.69. The van der Waals surface area contributed by atoms with Gasteiger partial charge >= 0.3 is 16.3 Å². The first-order valence-corrected chi connectivity index (χ1v) is 13.6. The topological polar surface area (TPSA) is 86.7 Å². The van der Waals surface area contributed by atoms with Gasteiger partial charge in [0.05, 0.1) is 0 Å². The number of anilines is 1. The highest BCUT2D eigenvalue weighted by Crippen LogP contribution is 2.33. The molecular weight excluding hydrogens is 424 g/mol. The molecule has 0 aromatic heterocycles. The summed E-state index contributed by atoms with van der Waals surface area (Å²) >= 11 is 0. The molecule has 1 rings (SSSR count). The van der Waals surface area contributed by atoms with Gasteiger partial charge in [0.1, 0.15) is 0 Å². The monoisotopic (exact) mass is 468 g/mol. The first-order valence-electron chi connectivity index (χ1n) is 12.2. The third-order valence-electron chi connectivity index (χ3n) is 5.93. The van der Waals surface area contributed by atoms with E-state index >= 15 is 0 Å². The molecule has 0 aliphatic heterocycles. The van der Waals surface area contributed by atoms with Gasteiger partial charge in [-0.2, -0.15) is 12.7 Å². The van der Waals surface area contributed by atoms with E-state index in [9.17, 15) is 17.8 Å². The van der Waals surface area contributed by atoms with E-state index in [1.54, 1.807) is 6.92 Å². The summed E-state index contributed by atoms with van der Waals surface area (Å²) in [6, 6.07) is 4.39. The van der Waals surface area contributed by atoms with Crippen molar-refractivity contribution >= 4 is 22.0 Å². The van der Waals surface area contributed by atoms with Gasteiger partial charge in [0, 0.05) is 11.7 Å². The number of unbranched alkanes of at least 4 members (excludes halogenated alkanes) is 7. The summed E-state index contributed by atoms with van der Waals surface area (Å²) in [6.45, 7) is 12.0. The van der Waals surface area contributed by atoms with Crippen LogP contribution in [0.1, 0.15) is 122 Å². The Morgan fingerprint density at radius 2 is 1.38 bits per heavy atom. The number of rotatable bonds is 14. The summed E-state index contributed by atoms with van der Waals surface area (Å²) < 4.78 is 34.6. The molecule has 32 heavy (non-hydrogen) atoms. The van der Waals surface area contributed by atoms with Crippen molar-refractivity contribution in [3.63, 3.8) is 0 Å². The van der Waals surface area contributed by atoms with E-state index < -0.39 is 22.4 Å². The molecule has 1 aromatic carbocycles. The van der Waals surface area contributed by atoms with E-state index in [0.717, 1.165) is 30.4 Å². The molecule has 0 heterocycles. The summed E-state index contributed by atoms with van der Waals surface area (Å²) in [5.41, 5.74) is 2.52.